The average Bonchev–Trinajstić information content (AvgIpc) is 3.00. The molecule has 1 aliphatic rings. The lowest BCUT2D eigenvalue weighted by atomic mass is 10.1. The normalized spacial score (nSPS) is 14.2. The number of nitrogens with one attached hydrogen (secondary N) is 1. The Kier molecular flexibility index (Phi) is 5.78. The van der Waals surface area contributed by atoms with Crippen LogP contribution in [0.1, 0.15) is 33.8 Å². The molecule has 0 aromatic carbocycles. The van der Waals surface area contributed by atoms with Gasteiger partial charge in [0.1, 0.15) is 0 Å². The Labute approximate surface area is 128 Å². The fraction of sp³-hybridized carbons (Fsp3) is 0.467. The Balaban J connectivity index is 1.83. The van der Waals surface area contributed by atoms with Crippen LogP contribution in [-0.4, -0.2) is 42.9 Å². The second-order valence-corrected chi connectivity index (χ2v) is 5.88. The third kappa shape index (κ3) is 4.59. The summed E-state index contributed by atoms with van der Waals surface area (Å²) in [5.41, 5.74) is 5.30. The standard InChI is InChI=1S/C15H19N3O2S/c16-8-4-5-12-6-7-13(21-12)15(20)17-11-14(19)18-9-2-1-3-10-18/h6-7H,1-3,8-11,16H2,(H,17,20). The Bertz CT molecular complexity index is 565. The first-order valence-electron chi connectivity index (χ1n) is 7.05. The van der Waals surface area contributed by atoms with Gasteiger partial charge in [0, 0.05) is 13.1 Å². The molecular weight excluding hydrogens is 286 g/mol. The molecule has 1 saturated heterocycles. The summed E-state index contributed by atoms with van der Waals surface area (Å²) >= 11 is 1.30. The Morgan fingerprint density at radius 3 is 2.76 bits per heavy atom. The number of carbonyl (C=O) groups is 2. The first kappa shape index (κ1) is 15.5. The van der Waals surface area contributed by atoms with Gasteiger partial charge in [-0.1, -0.05) is 11.8 Å². The quantitative estimate of drug-likeness (QED) is 0.811. The molecule has 1 aliphatic heterocycles. The van der Waals surface area contributed by atoms with Gasteiger partial charge in [0.25, 0.3) is 5.91 Å². The SMILES string of the molecule is NCC#Cc1ccc(C(=O)NCC(=O)N2CCCCC2)s1. The van der Waals surface area contributed by atoms with Crippen molar-refractivity contribution in [2.24, 2.45) is 5.73 Å². The van der Waals surface area contributed by atoms with Gasteiger partial charge in [0.15, 0.2) is 0 Å². The van der Waals surface area contributed by atoms with E-state index >= 15 is 0 Å². The van der Waals surface area contributed by atoms with Crippen LogP contribution >= 0.6 is 11.3 Å². The van der Waals surface area contributed by atoms with E-state index in [0.29, 0.717) is 11.4 Å². The van der Waals surface area contributed by atoms with E-state index < -0.39 is 0 Å². The third-order valence-electron chi connectivity index (χ3n) is 3.25. The Hall–Kier alpha value is -1.84. The highest BCUT2D eigenvalue weighted by Crippen LogP contribution is 2.15. The zero-order chi connectivity index (χ0) is 15.1. The van der Waals surface area contributed by atoms with Crippen molar-refractivity contribution in [3.8, 4) is 11.8 Å². The summed E-state index contributed by atoms with van der Waals surface area (Å²) in [7, 11) is 0. The summed E-state index contributed by atoms with van der Waals surface area (Å²) in [5, 5.41) is 2.67. The maximum absolute atomic E-state index is 12.0. The predicted molar refractivity (Wildman–Crippen MR) is 83.0 cm³/mol. The number of thiophene rings is 1. The summed E-state index contributed by atoms with van der Waals surface area (Å²) in [6, 6.07) is 3.50. The van der Waals surface area contributed by atoms with Crippen molar-refractivity contribution < 1.29 is 9.59 Å². The molecule has 2 rings (SSSR count). The van der Waals surface area contributed by atoms with Crippen molar-refractivity contribution in [3.05, 3.63) is 21.9 Å². The van der Waals surface area contributed by atoms with E-state index in [4.69, 9.17) is 5.73 Å². The number of amides is 2. The van der Waals surface area contributed by atoms with Crippen LogP contribution in [0.15, 0.2) is 12.1 Å². The van der Waals surface area contributed by atoms with Gasteiger partial charge in [-0.05, 0) is 31.4 Å². The maximum Gasteiger partial charge on any atom is 0.261 e. The van der Waals surface area contributed by atoms with Gasteiger partial charge in [-0.3, -0.25) is 9.59 Å². The molecule has 0 atom stereocenters. The molecule has 0 unspecified atom stereocenters. The van der Waals surface area contributed by atoms with Gasteiger partial charge >= 0.3 is 0 Å². The van der Waals surface area contributed by atoms with Crippen molar-refractivity contribution in [2.75, 3.05) is 26.2 Å². The molecule has 0 aliphatic carbocycles. The van der Waals surface area contributed by atoms with E-state index in [1.807, 2.05) is 4.90 Å². The Morgan fingerprint density at radius 2 is 2.05 bits per heavy atom. The zero-order valence-electron chi connectivity index (χ0n) is 11.9. The molecule has 1 aromatic heterocycles. The van der Waals surface area contributed by atoms with Crippen molar-refractivity contribution >= 4 is 23.2 Å². The number of likely N-dealkylation sites (tertiary alicyclic amines) is 1. The second kappa shape index (κ2) is 7.81. The van der Waals surface area contributed by atoms with Gasteiger partial charge in [0.05, 0.1) is 22.8 Å². The predicted octanol–water partition coefficient (Wildman–Crippen LogP) is 0.801. The van der Waals surface area contributed by atoms with Crippen molar-refractivity contribution in [3.63, 3.8) is 0 Å². The highest BCUT2D eigenvalue weighted by Gasteiger charge is 2.17. The van der Waals surface area contributed by atoms with Crippen LogP contribution < -0.4 is 11.1 Å². The number of carbonyl (C=O) groups excluding carboxylic acids is 2. The highest BCUT2D eigenvalue weighted by atomic mass is 32.1. The lowest BCUT2D eigenvalue weighted by molar-refractivity contribution is -0.130. The fourth-order valence-corrected chi connectivity index (χ4v) is 2.96. The van der Waals surface area contributed by atoms with Gasteiger partial charge in [-0.2, -0.15) is 0 Å². The number of hydrogen-bond donors (Lipinski definition) is 2. The first-order chi connectivity index (χ1) is 10.2. The fourth-order valence-electron chi connectivity index (χ4n) is 2.16. The van der Waals surface area contributed by atoms with Crippen LogP contribution in [0.5, 0.6) is 0 Å². The molecule has 3 N–H and O–H groups in total. The molecule has 2 amide bonds. The topological polar surface area (TPSA) is 75.4 Å². The molecule has 112 valence electrons. The number of hydrogen-bond acceptors (Lipinski definition) is 4. The van der Waals surface area contributed by atoms with Gasteiger partial charge in [0.2, 0.25) is 5.91 Å². The van der Waals surface area contributed by atoms with Gasteiger partial charge < -0.3 is 16.0 Å². The van der Waals surface area contributed by atoms with Gasteiger partial charge in [-0.25, -0.2) is 0 Å². The lowest BCUT2D eigenvalue weighted by Crippen LogP contribution is -2.42. The number of piperidine rings is 1. The van der Waals surface area contributed by atoms with E-state index in [9.17, 15) is 9.59 Å². The lowest BCUT2D eigenvalue weighted by Gasteiger charge is -2.26. The minimum absolute atomic E-state index is 0.0113. The summed E-state index contributed by atoms with van der Waals surface area (Å²) in [6.45, 7) is 1.95. The molecule has 1 aromatic rings. The summed E-state index contributed by atoms with van der Waals surface area (Å²) in [5.74, 6) is 5.39. The average molecular weight is 305 g/mol. The molecule has 5 nitrogen and oxygen atoms in total. The molecule has 1 fully saturated rings. The summed E-state index contributed by atoms with van der Waals surface area (Å²) in [6.07, 6.45) is 3.28. The highest BCUT2D eigenvalue weighted by molar-refractivity contribution is 7.14. The van der Waals surface area contributed by atoms with Crippen molar-refractivity contribution in [2.45, 2.75) is 19.3 Å². The Morgan fingerprint density at radius 1 is 1.29 bits per heavy atom. The molecule has 0 radical (unpaired) electrons. The minimum atomic E-state index is -0.230. The monoisotopic (exact) mass is 305 g/mol. The van der Waals surface area contributed by atoms with Gasteiger partial charge in [-0.15, -0.1) is 11.3 Å². The smallest absolute Gasteiger partial charge is 0.261 e. The summed E-state index contributed by atoms with van der Waals surface area (Å²) in [4.78, 5) is 27.1. The largest absolute Gasteiger partial charge is 0.342 e. The third-order valence-corrected chi connectivity index (χ3v) is 4.25. The van der Waals surface area contributed by atoms with Crippen molar-refractivity contribution in [1.29, 1.82) is 0 Å². The van der Waals surface area contributed by atoms with Crippen LogP contribution in [0, 0.1) is 11.8 Å². The van der Waals surface area contributed by atoms with Crippen LogP contribution in [0.25, 0.3) is 0 Å². The van der Waals surface area contributed by atoms with Crippen LogP contribution in [-0.2, 0) is 4.79 Å². The number of rotatable bonds is 3. The number of nitrogens with two attached hydrogens (primary N) is 1. The van der Waals surface area contributed by atoms with E-state index in [0.717, 1.165) is 30.8 Å². The second-order valence-electron chi connectivity index (χ2n) is 4.79. The van der Waals surface area contributed by atoms with E-state index in [-0.39, 0.29) is 18.4 Å². The van der Waals surface area contributed by atoms with Crippen LogP contribution in [0.4, 0.5) is 0 Å². The van der Waals surface area contributed by atoms with E-state index in [1.165, 1.54) is 17.8 Å². The maximum atomic E-state index is 12.0. The minimum Gasteiger partial charge on any atom is -0.342 e. The summed E-state index contributed by atoms with van der Waals surface area (Å²) < 4.78 is 0. The van der Waals surface area contributed by atoms with E-state index in [2.05, 4.69) is 17.2 Å². The zero-order valence-corrected chi connectivity index (χ0v) is 12.7. The molecular formula is C15H19N3O2S. The van der Waals surface area contributed by atoms with Crippen LogP contribution in [0.2, 0.25) is 0 Å². The molecule has 6 heteroatoms. The molecule has 21 heavy (non-hydrogen) atoms. The molecule has 0 bridgehead atoms. The molecule has 0 saturated carbocycles. The number of nitrogens with zero attached hydrogens (tertiary/aromatic N) is 1. The first-order valence-corrected chi connectivity index (χ1v) is 7.87. The van der Waals surface area contributed by atoms with Crippen LogP contribution in [0.3, 0.4) is 0 Å². The van der Waals surface area contributed by atoms with Crippen molar-refractivity contribution in [1.82, 2.24) is 10.2 Å². The molecule has 2 heterocycles. The molecule has 0 spiro atoms. The van der Waals surface area contributed by atoms with E-state index in [1.54, 1.807) is 12.1 Å².